The molecule has 0 aliphatic rings. The van der Waals surface area contributed by atoms with Gasteiger partial charge in [0.15, 0.2) is 0 Å². The quantitative estimate of drug-likeness (QED) is 0.803. The number of fused-ring (bicyclic) bond motifs is 1. The summed E-state index contributed by atoms with van der Waals surface area (Å²) in [4.78, 5) is 13.7. The second kappa shape index (κ2) is 3.89. The number of halogens is 3. The van der Waals surface area contributed by atoms with Crippen molar-refractivity contribution in [2.75, 3.05) is 0 Å². The normalized spacial score (nSPS) is 12.0. The molecule has 2 rings (SSSR count). The zero-order chi connectivity index (χ0) is 12.6. The molecule has 90 valence electrons. The molecule has 3 N–H and O–H groups in total. The maximum atomic E-state index is 12.7. The van der Waals surface area contributed by atoms with Crippen LogP contribution in [0.4, 0.5) is 13.2 Å². The fourth-order valence-corrected chi connectivity index (χ4v) is 1.78. The third-order valence-electron chi connectivity index (χ3n) is 2.54. The molecule has 0 amide bonds. The zero-order valence-electron chi connectivity index (χ0n) is 8.64. The Balaban J connectivity index is 2.93. The van der Waals surface area contributed by atoms with Crippen LogP contribution in [0.2, 0.25) is 0 Å². The van der Waals surface area contributed by atoms with Crippen LogP contribution in [0, 0.1) is 0 Å². The number of H-pyrrole nitrogens is 1. The zero-order valence-corrected chi connectivity index (χ0v) is 8.64. The second-order valence-electron chi connectivity index (χ2n) is 3.57. The highest BCUT2D eigenvalue weighted by atomic mass is 19.4. The number of alkyl halides is 3. The first kappa shape index (κ1) is 11.7. The summed E-state index contributed by atoms with van der Waals surface area (Å²) in [5, 5.41) is -0.117. The van der Waals surface area contributed by atoms with Crippen molar-refractivity contribution < 1.29 is 13.2 Å². The van der Waals surface area contributed by atoms with Crippen LogP contribution in [0.25, 0.3) is 10.8 Å². The highest BCUT2D eigenvalue weighted by molar-refractivity contribution is 5.87. The van der Waals surface area contributed by atoms with E-state index in [1.165, 1.54) is 18.2 Å². The number of hydrogen-bond donors (Lipinski definition) is 2. The SMILES string of the molecule is NCc1cccc2c(C(F)(F)F)c[nH]c(=O)c12. The molecule has 0 aliphatic heterocycles. The molecule has 0 radical (unpaired) electrons. The Morgan fingerprint density at radius 1 is 1.29 bits per heavy atom. The Hall–Kier alpha value is -1.82. The molecule has 2 aromatic rings. The van der Waals surface area contributed by atoms with E-state index in [2.05, 4.69) is 4.98 Å². The molecule has 0 saturated heterocycles. The molecular weight excluding hydrogens is 233 g/mol. The predicted molar refractivity (Wildman–Crippen MR) is 57.5 cm³/mol. The summed E-state index contributed by atoms with van der Waals surface area (Å²) in [5.41, 5.74) is 4.39. The summed E-state index contributed by atoms with van der Waals surface area (Å²) in [6.07, 6.45) is -3.82. The van der Waals surface area contributed by atoms with Gasteiger partial charge in [-0.1, -0.05) is 18.2 Å². The molecule has 6 heteroatoms. The maximum Gasteiger partial charge on any atom is 0.418 e. The maximum absolute atomic E-state index is 12.7. The van der Waals surface area contributed by atoms with Crippen LogP contribution in [0.1, 0.15) is 11.1 Å². The van der Waals surface area contributed by atoms with Crippen molar-refractivity contribution in [3.63, 3.8) is 0 Å². The Bertz CT molecular complexity index is 616. The van der Waals surface area contributed by atoms with E-state index in [1.54, 1.807) is 0 Å². The number of nitrogens with two attached hydrogens (primary N) is 1. The Kier molecular flexibility index (Phi) is 2.66. The van der Waals surface area contributed by atoms with Crippen LogP contribution in [0.3, 0.4) is 0 Å². The fraction of sp³-hybridized carbons (Fsp3) is 0.182. The van der Waals surface area contributed by atoms with Crippen LogP contribution < -0.4 is 11.3 Å². The first-order chi connectivity index (χ1) is 7.95. The lowest BCUT2D eigenvalue weighted by atomic mass is 10.0. The van der Waals surface area contributed by atoms with Gasteiger partial charge >= 0.3 is 6.18 Å². The standard InChI is InChI=1S/C11H9F3N2O/c12-11(13,14)8-5-16-10(17)9-6(4-15)2-1-3-7(8)9/h1-3,5H,4,15H2,(H,16,17). The molecule has 1 aromatic heterocycles. The van der Waals surface area contributed by atoms with Gasteiger partial charge in [0.05, 0.1) is 10.9 Å². The topological polar surface area (TPSA) is 58.9 Å². The van der Waals surface area contributed by atoms with E-state index in [0.29, 0.717) is 11.8 Å². The number of aromatic amines is 1. The fourth-order valence-electron chi connectivity index (χ4n) is 1.78. The smallest absolute Gasteiger partial charge is 0.328 e. The van der Waals surface area contributed by atoms with E-state index in [-0.39, 0.29) is 17.3 Å². The van der Waals surface area contributed by atoms with Gasteiger partial charge in [0.1, 0.15) is 0 Å². The minimum Gasteiger partial charge on any atom is -0.328 e. The first-order valence-corrected chi connectivity index (χ1v) is 4.85. The molecule has 1 aromatic carbocycles. The molecule has 0 unspecified atom stereocenters. The molecule has 1 heterocycles. The van der Waals surface area contributed by atoms with E-state index in [4.69, 9.17) is 5.73 Å². The van der Waals surface area contributed by atoms with Gasteiger partial charge in [-0.05, 0) is 5.56 Å². The first-order valence-electron chi connectivity index (χ1n) is 4.85. The Labute approximate surface area is 94.1 Å². The van der Waals surface area contributed by atoms with Gasteiger partial charge in [0.25, 0.3) is 5.56 Å². The molecule has 17 heavy (non-hydrogen) atoms. The summed E-state index contributed by atoms with van der Waals surface area (Å²) < 4.78 is 38.2. The van der Waals surface area contributed by atoms with Gasteiger partial charge in [0, 0.05) is 18.1 Å². The third kappa shape index (κ3) is 1.91. The van der Waals surface area contributed by atoms with Crippen molar-refractivity contribution in [1.82, 2.24) is 4.98 Å². The molecule has 0 fully saturated rings. The average molecular weight is 242 g/mol. The van der Waals surface area contributed by atoms with Crippen LogP contribution >= 0.6 is 0 Å². The monoisotopic (exact) mass is 242 g/mol. The van der Waals surface area contributed by atoms with Crippen LogP contribution in [0.15, 0.2) is 29.2 Å². The number of rotatable bonds is 1. The molecule has 0 saturated carbocycles. The van der Waals surface area contributed by atoms with E-state index in [9.17, 15) is 18.0 Å². The van der Waals surface area contributed by atoms with Gasteiger partial charge in [-0.3, -0.25) is 4.79 Å². The number of benzene rings is 1. The molecule has 3 nitrogen and oxygen atoms in total. The van der Waals surface area contributed by atoms with Crippen molar-refractivity contribution in [2.45, 2.75) is 12.7 Å². The van der Waals surface area contributed by atoms with Gasteiger partial charge in [-0.25, -0.2) is 0 Å². The summed E-state index contributed by atoms with van der Waals surface area (Å²) in [7, 11) is 0. The van der Waals surface area contributed by atoms with Crippen LogP contribution in [-0.4, -0.2) is 4.98 Å². The van der Waals surface area contributed by atoms with Gasteiger partial charge in [-0.15, -0.1) is 0 Å². The minimum atomic E-state index is -4.50. The molecule has 0 aliphatic carbocycles. The number of pyridine rings is 1. The summed E-state index contributed by atoms with van der Waals surface area (Å²) in [6, 6.07) is 4.27. The van der Waals surface area contributed by atoms with E-state index < -0.39 is 17.3 Å². The van der Waals surface area contributed by atoms with Gasteiger partial charge in [-0.2, -0.15) is 13.2 Å². The van der Waals surface area contributed by atoms with Crippen LogP contribution in [0.5, 0.6) is 0 Å². The van der Waals surface area contributed by atoms with Crippen molar-refractivity contribution in [3.8, 4) is 0 Å². The van der Waals surface area contributed by atoms with Crippen molar-refractivity contribution >= 4 is 10.8 Å². The Morgan fingerprint density at radius 3 is 2.59 bits per heavy atom. The minimum absolute atomic E-state index is 0.00447. The summed E-state index contributed by atoms with van der Waals surface area (Å²) >= 11 is 0. The average Bonchev–Trinajstić information content (AvgIpc) is 2.27. The predicted octanol–water partition coefficient (Wildman–Crippen LogP) is 2.01. The summed E-state index contributed by atoms with van der Waals surface area (Å²) in [5.74, 6) is 0. The number of nitrogens with one attached hydrogen (secondary N) is 1. The molecule has 0 atom stereocenters. The lowest BCUT2D eigenvalue weighted by Gasteiger charge is -2.11. The molecule has 0 spiro atoms. The second-order valence-corrected chi connectivity index (χ2v) is 3.57. The number of aromatic nitrogens is 1. The number of hydrogen-bond acceptors (Lipinski definition) is 2. The Morgan fingerprint density at radius 2 is 2.00 bits per heavy atom. The van der Waals surface area contributed by atoms with E-state index >= 15 is 0 Å². The molecule has 0 bridgehead atoms. The highest BCUT2D eigenvalue weighted by Gasteiger charge is 2.33. The van der Waals surface area contributed by atoms with Crippen molar-refractivity contribution in [3.05, 3.63) is 45.9 Å². The largest absolute Gasteiger partial charge is 0.418 e. The van der Waals surface area contributed by atoms with Crippen molar-refractivity contribution in [1.29, 1.82) is 0 Å². The lowest BCUT2D eigenvalue weighted by Crippen LogP contribution is -2.15. The lowest BCUT2D eigenvalue weighted by molar-refractivity contribution is -0.136. The third-order valence-corrected chi connectivity index (χ3v) is 2.54. The summed E-state index contributed by atoms with van der Waals surface area (Å²) in [6.45, 7) is 0.0156. The van der Waals surface area contributed by atoms with E-state index in [0.717, 1.165) is 0 Å². The highest BCUT2D eigenvalue weighted by Crippen LogP contribution is 2.33. The van der Waals surface area contributed by atoms with Gasteiger partial charge in [0.2, 0.25) is 0 Å². The van der Waals surface area contributed by atoms with Gasteiger partial charge < -0.3 is 10.7 Å². The van der Waals surface area contributed by atoms with E-state index in [1.807, 2.05) is 0 Å². The van der Waals surface area contributed by atoms with Crippen LogP contribution in [-0.2, 0) is 12.7 Å². The van der Waals surface area contributed by atoms with Crippen molar-refractivity contribution in [2.24, 2.45) is 5.73 Å². The molecular formula is C11H9F3N2O.